The second-order valence-electron chi connectivity index (χ2n) is 6.05. The van der Waals surface area contributed by atoms with Gasteiger partial charge in [-0.05, 0) is 43.7 Å². The molecule has 0 heterocycles. The third kappa shape index (κ3) is 7.31. The zero-order chi connectivity index (χ0) is 20.2. The van der Waals surface area contributed by atoms with Crippen LogP contribution in [0.3, 0.4) is 0 Å². The molecule has 2 aromatic rings. The van der Waals surface area contributed by atoms with Crippen molar-refractivity contribution in [1.82, 2.24) is 4.90 Å². The van der Waals surface area contributed by atoms with Gasteiger partial charge in [-0.25, -0.2) is 0 Å². The lowest BCUT2D eigenvalue weighted by Crippen LogP contribution is -2.36. The van der Waals surface area contributed by atoms with Crippen LogP contribution >= 0.6 is 0 Å². The summed E-state index contributed by atoms with van der Waals surface area (Å²) in [5.74, 6) is 0.825. The van der Waals surface area contributed by atoms with E-state index in [0.717, 1.165) is 11.3 Å². The van der Waals surface area contributed by atoms with E-state index in [9.17, 15) is 9.59 Å². The lowest BCUT2D eigenvalue weighted by Gasteiger charge is -2.22. The predicted octanol–water partition coefficient (Wildman–Crippen LogP) is 3.45. The van der Waals surface area contributed by atoms with E-state index in [4.69, 9.17) is 14.2 Å². The average Bonchev–Trinajstić information content (AvgIpc) is 2.71. The second kappa shape index (κ2) is 11.6. The maximum absolute atomic E-state index is 12.7. The normalized spacial score (nSPS) is 10.2. The molecule has 2 rings (SSSR count). The van der Waals surface area contributed by atoms with Crippen LogP contribution in [0.5, 0.6) is 11.5 Å². The van der Waals surface area contributed by atoms with Gasteiger partial charge in [-0.2, -0.15) is 0 Å². The molecule has 0 fully saturated rings. The van der Waals surface area contributed by atoms with E-state index in [1.165, 1.54) is 0 Å². The van der Waals surface area contributed by atoms with Crippen molar-refractivity contribution >= 4 is 11.9 Å². The molecule has 0 saturated carbocycles. The van der Waals surface area contributed by atoms with Gasteiger partial charge in [-0.15, -0.1) is 0 Å². The van der Waals surface area contributed by atoms with Gasteiger partial charge in [-0.3, -0.25) is 9.59 Å². The number of amides is 1. The summed E-state index contributed by atoms with van der Waals surface area (Å²) in [6.45, 7) is 5.17. The molecule has 0 aliphatic heterocycles. The molecule has 0 N–H and O–H groups in total. The van der Waals surface area contributed by atoms with Gasteiger partial charge in [-0.1, -0.05) is 30.3 Å². The van der Waals surface area contributed by atoms with E-state index in [0.29, 0.717) is 25.5 Å². The third-order valence-corrected chi connectivity index (χ3v) is 3.96. The molecule has 6 nitrogen and oxygen atoms in total. The number of hydrogen-bond donors (Lipinski definition) is 0. The fourth-order valence-corrected chi connectivity index (χ4v) is 2.59. The molecule has 0 aromatic heterocycles. The van der Waals surface area contributed by atoms with Gasteiger partial charge in [0, 0.05) is 13.1 Å². The molecule has 0 bridgehead atoms. The molecule has 0 spiro atoms. The second-order valence-corrected chi connectivity index (χ2v) is 6.05. The molecule has 0 unspecified atom stereocenters. The van der Waals surface area contributed by atoms with Crippen molar-refractivity contribution in [2.24, 2.45) is 0 Å². The van der Waals surface area contributed by atoms with Crippen molar-refractivity contribution in [3.8, 4) is 11.5 Å². The summed E-state index contributed by atoms with van der Waals surface area (Å²) in [7, 11) is 0. The summed E-state index contributed by atoms with van der Waals surface area (Å²) in [6.07, 6.45) is 0.148. The highest BCUT2D eigenvalue weighted by molar-refractivity contribution is 5.78. The van der Waals surface area contributed by atoms with Crippen LogP contribution in [-0.4, -0.2) is 43.1 Å². The molecule has 0 atom stereocenters. The van der Waals surface area contributed by atoms with E-state index in [1.54, 1.807) is 36.1 Å². The SMILES string of the molecule is CCOC(=O)CCN(Cc1ccccc1)C(=O)COc1ccc(OCC)cc1. The first-order valence-corrected chi connectivity index (χ1v) is 9.45. The zero-order valence-corrected chi connectivity index (χ0v) is 16.4. The van der Waals surface area contributed by atoms with Crippen molar-refractivity contribution in [3.63, 3.8) is 0 Å². The third-order valence-electron chi connectivity index (χ3n) is 3.96. The van der Waals surface area contributed by atoms with Crippen LogP contribution in [0.4, 0.5) is 0 Å². The molecular weight excluding hydrogens is 358 g/mol. The molecule has 28 heavy (non-hydrogen) atoms. The molecule has 0 saturated heterocycles. The average molecular weight is 385 g/mol. The van der Waals surface area contributed by atoms with Gasteiger partial charge in [0.15, 0.2) is 6.61 Å². The number of esters is 1. The van der Waals surface area contributed by atoms with Crippen molar-refractivity contribution in [2.75, 3.05) is 26.4 Å². The number of carbonyl (C=O) groups is 2. The predicted molar refractivity (Wildman–Crippen MR) is 106 cm³/mol. The topological polar surface area (TPSA) is 65.1 Å². The zero-order valence-electron chi connectivity index (χ0n) is 16.4. The van der Waals surface area contributed by atoms with E-state index >= 15 is 0 Å². The first kappa shape index (κ1) is 21.3. The summed E-state index contributed by atoms with van der Waals surface area (Å²) >= 11 is 0. The maximum Gasteiger partial charge on any atom is 0.307 e. The molecule has 150 valence electrons. The Morgan fingerprint density at radius 1 is 0.857 bits per heavy atom. The Labute approximate surface area is 166 Å². The lowest BCUT2D eigenvalue weighted by atomic mass is 10.2. The molecular formula is C22H27NO5. The minimum absolute atomic E-state index is 0.107. The highest BCUT2D eigenvalue weighted by Gasteiger charge is 2.17. The van der Waals surface area contributed by atoms with E-state index in [-0.39, 0.29) is 31.4 Å². The Hall–Kier alpha value is -3.02. The molecule has 1 amide bonds. The number of nitrogens with zero attached hydrogens (tertiary/aromatic N) is 1. The van der Waals surface area contributed by atoms with Crippen LogP contribution in [0.15, 0.2) is 54.6 Å². The first-order valence-electron chi connectivity index (χ1n) is 9.45. The smallest absolute Gasteiger partial charge is 0.307 e. The summed E-state index contributed by atoms with van der Waals surface area (Å²) < 4.78 is 16.0. The molecule has 6 heteroatoms. The number of rotatable bonds is 11. The number of benzene rings is 2. The van der Waals surface area contributed by atoms with Crippen LogP contribution in [0.2, 0.25) is 0 Å². The van der Waals surface area contributed by atoms with Gasteiger partial charge in [0.05, 0.1) is 19.6 Å². The van der Waals surface area contributed by atoms with Gasteiger partial charge in [0.25, 0.3) is 5.91 Å². The fraction of sp³-hybridized carbons (Fsp3) is 0.364. The van der Waals surface area contributed by atoms with E-state index in [1.807, 2.05) is 37.3 Å². The van der Waals surface area contributed by atoms with E-state index in [2.05, 4.69) is 0 Å². The number of ether oxygens (including phenoxy) is 3. The summed E-state index contributed by atoms with van der Waals surface area (Å²) in [5, 5.41) is 0. The largest absolute Gasteiger partial charge is 0.494 e. The quantitative estimate of drug-likeness (QED) is 0.555. The molecule has 0 radical (unpaired) electrons. The van der Waals surface area contributed by atoms with Gasteiger partial charge in [0.1, 0.15) is 11.5 Å². The maximum atomic E-state index is 12.7. The minimum atomic E-state index is -0.319. The Kier molecular flexibility index (Phi) is 8.85. The van der Waals surface area contributed by atoms with Crippen molar-refractivity contribution in [3.05, 3.63) is 60.2 Å². The molecule has 0 aliphatic rings. The standard InChI is InChI=1S/C22H27NO5/c1-3-26-19-10-12-20(13-11-19)28-17-21(24)23(15-14-22(25)27-4-2)16-18-8-6-5-7-9-18/h5-13H,3-4,14-17H2,1-2H3. The first-order chi connectivity index (χ1) is 13.6. The summed E-state index contributed by atoms with van der Waals surface area (Å²) in [6, 6.07) is 16.8. The number of hydrogen-bond acceptors (Lipinski definition) is 5. The van der Waals surface area contributed by atoms with Crippen LogP contribution in [0, 0.1) is 0 Å². The van der Waals surface area contributed by atoms with Crippen molar-refractivity contribution < 1.29 is 23.8 Å². The Morgan fingerprint density at radius 3 is 2.11 bits per heavy atom. The summed E-state index contributed by atoms with van der Waals surface area (Å²) in [5.41, 5.74) is 0.987. The van der Waals surface area contributed by atoms with Crippen molar-refractivity contribution in [1.29, 1.82) is 0 Å². The Bertz CT molecular complexity index is 730. The van der Waals surface area contributed by atoms with Crippen LogP contribution in [0.1, 0.15) is 25.8 Å². The van der Waals surface area contributed by atoms with Crippen LogP contribution in [-0.2, 0) is 20.9 Å². The molecule has 2 aromatic carbocycles. The Morgan fingerprint density at radius 2 is 1.50 bits per heavy atom. The monoisotopic (exact) mass is 385 g/mol. The van der Waals surface area contributed by atoms with Crippen LogP contribution in [0.25, 0.3) is 0 Å². The van der Waals surface area contributed by atoms with Crippen molar-refractivity contribution in [2.45, 2.75) is 26.8 Å². The van der Waals surface area contributed by atoms with Gasteiger partial charge < -0.3 is 19.1 Å². The molecule has 0 aliphatic carbocycles. The van der Waals surface area contributed by atoms with Gasteiger partial charge >= 0.3 is 5.97 Å². The lowest BCUT2D eigenvalue weighted by molar-refractivity contribution is -0.144. The highest BCUT2D eigenvalue weighted by Crippen LogP contribution is 2.17. The highest BCUT2D eigenvalue weighted by atomic mass is 16.5. The van der Waals surface area contributed by atoms with Gasteiger partial charge in [0.2, 0.25) is 0 Å². The summed E-state index contributed by atoms with van der Waals surface area (Å²) in [4.78, 5) is 26.0. The van der Waals surface area contributed by atoms with Crippen LogP contribution < -0.4 is 9.47 Å². The minimum Gasteiger partial charge on any atom is -0.494 e. The number of carbonyl (C=O) groups excluding carboxylic acids is 2. The van der Waals surface area contributed by atoms with E-state index < -0.39 is 0 Å². The fourth-order valence-electron chi connectivity index (χ4n) is 2.59. The Balaban J connectivity index is 1.95.